The molecule has 1 aliphatic heterocycles. The Morgan fingerprint density at radius 1 is 1.21 bits per heavy atom. The van der Waals surface area contributed by atoms with Crippen molar-refractivity contribution in [3.63, 3.8) is 0 Å². The fourth-order valence-electron chi connectivity index (χ4n) is 2.62. The highest BCUT2D eigenvalue weighted by Gasteiger charge is 2.25. The van der Waals surface area contributed by atoms with Crippen LogP contribution in [0.4, 0.5) is 5.69 Å². The SMILES string of the molecule is Cc1ccc(S(=O)(=O)Nc2ccc(Cl)cc2C(=O)N2CCCC2)s1. The molecule has 2 aromatic rings. The average Bonchev–Trinajstić information content (AvgIpc) is 3.19. The molecule has 1 saturated heterocycles. The predicted molar refractivity (Wildman–Crippen MR) is 96.5 cm³/mol. The molecule has 2 heterocycles. The molecule has 3 rings (SSSR count). The van der Waals surface area contributed by atoms with Gasteiger partial charge in [-0.15, -0.1) is 11.3 Å². The van der Waals surface area contributed by atoms with E-state index in [-0.39, 0.29) is 21.4 Å². The zero-order valence-electron chi connectivity index (χ0n) is 13.1. The molecule has 5 nitrogen and oxygen atoms in total. The van der Waals surface area contributed by atoms with Crippen LogP contribution in [0, 0.1) is 6.92 Å². The molecule has 0 aliphatic carbocycles. The Hall–Kier alpha value is -1.57. The van der Waals surface area contributed by atoms with Gasteiger partial charge in [-0.1, -0.05) is 11.6 Å². The third-order valence-electron chi connectivity index (χ3n) is 3.83. The Morgan fingerprint density at radius 3 is 2.54 bits per heavy atom. The number of rotatable bonds is 4. The number of nitrogens with one attached hydrogen (secondary N) is 1. The summed E-state index contributed by atoms with van der Waals surface area (Å²) in [6, 6.07) is 7.92. The van der Waals surface area contributed by atoms with Crippen molar-refractivity contribution in [2.45, 2.75) is 24.0 Å². The summed E-state index contributed by atoms with van der Waals surface area (Å²) in [7, 11) is -3.73. The first-order chi connectivity index (χ1) is 11.4. The number of hydrogen-bond acceptors (Lipinski definition) is 4. The van der Waals surface area contributed by atoms with Crippen molar-refractivity contribution < 1.29 is 13.2 Å². The third-order valence-corrected chi connectivity index (χ3v) is 6.92. The normalized spacial score (nSPS) is 14.8. The number of sulfonamides is 1. The molecule has 1 aromatic carbocycles. The van der Waals surface area contributed by atoms with Gasteiger partial charge in [0.2, 0.25) is 0 Å². The number of carbonyl (C=O) groups is 1. The van der Waals surface area contributed by atoms with Crippen molar-refractivity contribution in [3.05, 3.63) is 45.8 Å². The number of thiophene rings is 1. The number of benzene rings is 1. The Bertz CT molecular complexity index is 871. The summed E-state index contributed by atoms with van der Waals surface area (Å²) in [5, 5.41) is 0.396. The zero-order chi connectivity index (χ0) is 17.3. The van der Waals surface area contributed by atoms with Gasteiger partial charge in [0.25, 0.3) is 15.9 Å². The molecule has 0 spiro atoms. The Kier molecular flexibility index (Phi) is 4.85. The van der Waals surface area contributed by atoms with E-state index in [9.17, 15) is 13.2 Å². The minimum atomic E-state index is -3.73. The van der Waals surface area contributed by atoms with E-state index >= 15 is 0 Å². The topological polar surface area (TPSA) is 66.5 Å². The predicted octanol–water partition coefficient (Wildman–Crippen LogP) is 3.75. The number of carbonyl (C=O) groups excluding carboxylic acids is 1. The quantitative estimate of drug-likeness (QED) is 0.872. The van der Waals surface area contributed by atoms with E-state index in [2.05, 4.69) is 4.72 Å². The van der Waals surface area contributed by atoms with Crippen LogP contribution in [0.1, 0.15) is 28.1 Å². The van der Waals surface area contributed by atoms with Crippen LogP contribution in [0.2, 0.25) is 5.02 Å². The first kappa shape index (κ1) is 17.3. The number of hydrogen-bond donors (Lipinski definition) is 1. The summed E-state index contributed by atoms with van der Waals surface area (Å²) in [5.41, 5.74) is 0.531. The Balaban J connectivity index is 1.94. The minimum absolute atomic E-state index is 0.199. The van der Waals surface area contributed by atoms with Crippen molar-refractivity contribution in [2.24, 2.45) is 0 Å². The van der Waals surface area contributed by atoms with Gasteiger partial charge in [-0.3, -0.25) is 9.52 Å². The molecule has 1 fully saturated rings. The van der Waals surface area contributed by atoms with Gasteiger partial charge in [-0.25, -0.2) is 8.42 Å². The highest BCUT2D eigenvalue weighted by molar-refractivity contribution is 7.94. The first-order valence-electron chi connectivity index (χ1n) is 7.55. The molecule has 0 saturated carbocycles. The molecular weight excluding hydrogens is 368 g/mol. The zero-order valence-corrected chi connectivity index (χ0v) is 15.5. The summed E-state index contributed by atoms with van der Waals surface area (Å²) >= 11 is 7.20. The second-order valence-electron chi connectivity index (χ2n) is 5.66. The summed E-state index contributed by atoms with van der Waals surface area (Å²) in [4.78, 5) is 15.3. The number of aryl methyl sites for hydroxylation is 1. The molecule has 0 bridgehead atoms. The maximum atomic E-state index is 12.7. The largest absolute Gasteiger partial charge is 0.339 e. The van der Waals surface area contributed by atoms with E-state index < -0.39 is 10.0 Å². The maximum Gasteiger partial charge on any atom is 0.271 e. The van der Waals surface area contributed by atoms with Crippen molar-refractivity contribution in [1.29, 1.82) is 0 Å². The van der Waals surface area contributed by atoms with Crippen LogP contribution in [0.3, 0.4) is 0 Å². The summed E-state index contributed by atoms with van der Waals surface area (Å²) in [6.45, 7) is 3.21. The van der Waals surface area contributed by atoms with Gasteiger partial charge >= 0.3 is 0 Å². The van der Waals surface area contributed by atoms with Gasteiger partial charge in [-0.05, 0) is 50.1 Å². The van der Waals surface area contributed by atoms with E-state index in [4.69, 9.17) is 11.6 Å². The molecular formula is C16H17ClN2O3S2. The molecule has 128 valence electrons. The van der Waals surface area contributed by atoms with Crippen molar-refractivity contribution >= 4 is 44.6 Å². The van der Waals surface area contributed by atoms with Gasteiger partial charge in [0.15, 0.2) is 0 Å². The number of amides is 1. The minimum Gasteiger partial charge on any atom is -0.339 e. The van der Waals surface area contributed by atoms with Gasteiger partial charge in [0, 0.05) is 23.0 Å². The molecule has 1 aliphatic rings. The smallest absolute Gasteiger partial charge is 0.271 e. The Morgan fingerprint density at radius 2 is 1.92 bits per heavy atom. The molecule has 0 unspecified atom stereocenters. The maximum absolute atomic E-state index is 12.7. The van der Waals surface area contributed by atoms with Crippen molar-refractivity contribution in [2.75, 3.05) is 17.8 Å². The molecule has 0 atom stereocenters. The van der Waals surface area contributed by atoms with Crippen LogP contribution in [-0.4, -0.2) is 32.3 Å². The van der Waals surface area contributed by atoms with Gasteiger partial charge in [0.1, 0.15) is 4.21 Å². The highest BCUT2D eigenvalue weighted by atomic mass is 35.5. The number of nitrogens with zero attached hydrogens (tertiary/aromatic N) is 1. The molecule has 8 heteroatoms. The summed E-state index contributed by atoms with van der Waals surface area (Å²) in [6.07, 6.45) is 1.92. The van der Waals surface area contributed by atoms with Crippen LogP contribution in [0.5, 0.6) is 0 Å². The standard InChI is InChI=1S/C16H17ClN2O3S2/c1-11-4-7-15(23-11)24(21,22)18-14-6-5-12(17)10-13(14)16(20)19-8-2-3-9-19/h4-7,10,18H,2-3,8-9H2,1H3. The van der Waals surface area contributed by atoms with E-state index in [0.29, 0.717) is 18.1 Å². The monoisotopic (exact) mass is 384 g/mol. The van der Waals surface area contributed by atoms with Gasteiger partial charge in [0.05, 0.1) is 11.3 Å². The van der Waals surface area contributed by atoms with Crippen LogP contribution in [0.15, 0.2) is 34.5 Å². The number of likely N-dealkylation sites (tertiary alicyclic amines) is 1. The molecule has 1 aromatic heterocycles. The Labute approximate surface area is 150 Å². The third kappa shape index (κ3) is 3.58. The second kappa shape index (κ2) is 6.74. The van der Waals surface area contributed by atoms with Crippen molar-refractivity contribution in [3.8, 4) is 0 Å². The highest BCUT2D eigenvalue weighted by Crippen LogP contribution is 2.28. The van der Waals surface area contributed by atoms with E-state index in [1.54, 1.807) is 23.1 Å². The van der Waals surface area contributed by atoms with Gasteiger partial charge in [-0.2, -0.15) is 0 Å². The van der Waals surface area contributed by atoms with Crippen LogP contribution < -0.4 is 4.72 Å². The summed E-state index contributed by atoms with van der Waals surface area (Å²) in [5.74, 6) is -0.199. The average molecular weight is 385 g/mol. The van der Waals surface area contributed by atoms with Crippen LogP contribution >= 0.6 is 22.9 Å². The molecule has 1 amide bonds. The van der Waals surface area contributed by atoms with E-state index in [1.807, 2.05) is 6.92 Å². The van der Waals surface area contributed by atoms with Crippen LogP contribution in [-0.2, 0) is 10.0 Å². The fraction of sp³-hybridized carbons (Fsp3) is 0.312. The lowest BCUT2D eigenvalue weighted by molar-refractivity contribution is 0.0794. The fourth-order valence-corrected chi connectivity index (χ4v) is 5.16. The lowest BCUT2D eigenvalue weighted by Gasteiger charge is -2.18. The lowest BCUT2D eigenvalue weighted by Crippen LogP contribution is -2.28. The van der Waals surface area contributed by atoms with Crippen molar-refractivity contribution in [1.82, 2.24) is 4.90 Å². The lowest BCUT2D eigenvalue weighted by atomic mass is 10.1. The molecule has 24 heavy (non-hydrogen) atoms. The second-order valence-corrected chi connectivity index (χ2v) is 9.29. The summed E-state index contributed by atoms with van der Waals surface area (Å²) < 4.78 is 27.8. The molecule has 1 N–H and O–H groups in total. The number of anilines is 1. The van der Waals surface area contributed by atoms with Gasteiger partial charge < -0.3 is 4.90 Å². The van der Waals surface area contributed by atoms with Crippen LogP contribution in [0.25, 0.3) is 0 Å². The molecule has 0 radical (unpaired) electrons. The number of halogens is 1. The van der Waals surface area contributed by atoms with E-state index in [0.717, 1.165) is 17.7 Å². The first-order valence-corrected chi connectivity index (χ1v) is 10.2. The van der Waals surface area contributed by atoms with E-state index in [1.165, 1.54) is 23.5 Å².